The molecule has 2 aromatic heterocycles. The van der Waals surface area contributed by atoms with Gasteiger partial charge in [-0.25, -0.2) is 4.98 Å². The molecule has 2 unspecified atom stereocenters. The average Bonchev–Trinajstić information content (AvgIpc) is 3.39. The number of alkyl halides is 3. The van der Waals surface area contributed by atoms with Crippen molar-refractivity contribution in [2.24, 2.45) is 0 Å². The van der Waals surface area contributed by atoms with E-state index in [9.17, 15) is 18.0 Å². The number of fused-ring (bicyclic) bond motifs is 3. The van der Waals surface area contributed by atoms with Crippen LogP contribution in [0.1, 0.15) is 29.7 Å². The molecule has 2 aliphatic heterocycles. The van der Waals surface area contributed by atoms with Gasteiger partial charge in [-0.2, -0.15) is 13.2 Å². The van der Waals surface area contributed by atoms with Crippen molar-refractivity contribution in [2.75, 3.05) is 13.1 Å². The average molecular weight is 573 g/mol. The van der Waals surface area contributed by atoms with Gasteiger partial charge in [0.2, 0.25) is 5.91 Å². The summed E-state index contributed by atoms with van der Waals surface area (Å²) in [5.74, 6) is -0.181. The van der Waals surface area contributed by atoms with Crippen molar-refractivity contribution < 1.29 is 18.0 Å². The SMILES string of the molecule is O=C(Cc1cc(C(F)(F)F)ccc1Cl)N1C2CCC1CN(Cc1c(-c3ccc(Cl)cc3)nc3ccccn13)C2. The number of pyridine rings is 1. The second-order valence-electron chi connectivity index (χ2n) is 10.2. The van der Waals surface area contributed by atoms with Crippen molar-refractivity contribution in [3.05, 3.63) is 93.7 Å². The smallest absolute Gasteiger partial charge is 0.334 e. The minimum Gasteiger partial charge on any atom is -0.334 e. The summed E-state index contributed by atoms with van der Waals surface area (Å²) in [5.41, 5.74) is 3.19. The predicted octanol–water partition coefficient (Wildman–Crippen LogP) is 6.74. The Morgan fingerprint density at radius 1 is 0.974 bits per heavy atom. The second kappa shape index (κ2) is 10.2. The molecular formula is C29H25Cl2F3N4O. The molecule has 2 saturated heterocycles. The maximum atomic E-state index is 13.3. The van der Waals surface area contributed by atoms with Gasteiger partial charge in [-0.15, -0.1) is 0 Å². The Labute approximate surface area is 233 Å². The molecule has 4 aromatic rings. The fourth-order valence-corrected chi connectivity index (χ4v) is 6.23. The normalized spacial score (nSPS) is 19.7. The third-order valence-electron chi connectivity index (χ3n) is 7.68. The number of carbonyl (C=O) groups is 1. The van der Waals surface area contributed by atoms with Crippen molar-refractivity contribution >= 4 is 34.8 Å². The molecule has 39 heavy (non-hydrogen) atoms. The number of aromatic nitrogens is 2. The van der Waals surface area contributed by atoms with Crippen LogP contribution in [0, 0.1) is 0 Å². The van der Waals surface area contributed by atoms with Crippen molar-refractivity contribution in [1.29, 1.82) is 0 Å². The Kier molecular flexibility index (Phi) is 6.81. The number of imidazole rings is 1. The number of rotatable bonds is 5. The monoisotopic (exact) mass is 572 g/mol. The Balaban J connectivity index is 1.22. The number of nitrogens with zero attached hydrogens (tertiary/aromatic N) is 4. The van der Waals surface area contributed by atoms with E-state index in [1.54, 1.807) is 0 Å². The zero-order chi connectivity index (χ0) is 27.3. The summed E-state index contributed by atoms with van der Waals surface area (Å²) in [4.78, 5) is 22.5. The fourth-order valence-electron chi connectivity index (χ4n) is 5.92. The molecule has 2 fully saturated rings. The van der Waals surface area contributed by atoms with Gasteiger partial charge in [0.25, 0.3) is 0 Å². The van der Waals surface area contributed by atoms with Gasteiger partial charge >= 0.3 is 6.18 Å². The molecule has 2 aliphatic rings. The van der Waals surface area contributed by atoms with Crippen LogP contribution in [-0.4, -0.2) is 50.3 Å². The molecule has 0 spiro atoms. The van der Waals surface area contributed by atoms with E-state index in [4.69, 9.17) is 28.2 Å². The van der Waals surface area contributed by atoms with Crippen LogP contribution in [0.5, 0.6) is 0 Å². The molecule has 4 heterocycles. The molecule has 2 atom stereocenters. The van der Waals surface area contributed by atoms with Gasteiger partial charge in [0.1, 0.15) is 5.65 Å². The van der Waals surface area contributed by atoms with Crippen molar-refractivity contribution in [3.8, 4) is 11.3 Å². The van der Waals surface area contributed by atoms with E-state index in [1.165, 1.54) is 6.07 Å². The van der Waals surface area contributed by atoms with Crippen molar-refractivity contribution in [2.45, 2.75) is 44.1 Å². The third kappa shape index (κ3) is 5.13. The van der Waals surface area contributed by atoms with E-state index < -0.39 is 11.7 Å². The molecule has 1 amide bonds. The lowest BCUT2D eigenvalue weighted by atomic mass is 10.0. The fraction of sp³-hybridized carbons (Fsp3) is 0.310. The minimum absolute atomic E-state index is 0.000934. The highest BCUT2D eigenvalue weighted by molar-refractivity contribution is 6.31. The lowest BCUT2D eigenvalue weighted by Gasteiger charge is -2.41. The van der Waals surface area contributed by atoms with Crippen LogP contribution in [0.4, 0.5) is 13.2 Å². The molecular weight excluding hydrogens is 548 g/mol. The maximum absolute atomic E-state index is 13.3. The minimum atomic E-state index is -4.49. The van der Waals surface area contributed by atoms with Gasteiger partial charge in [0, 0.05) is 53.5 Å². The summed E-state index contributed by atoms with van der Waals surface area (Å²) >= 11 is 12.3. The van der Waals surface area contributed by atoms with E-state index in [2.05, 4.69) is 9.30 Å². The van der Waals surface area contributed by atoms with Gasteiger partial charge in [0.05, 0.1) is 23.4 Å². The first-order valence-electron chi connectivity index (χ1n) is 12.8. The number of hydrogen-bond donors (Lipinski definition) is 0. The molecule has 0 saturated carbocycles. The van der Waals surface area contributed by atoms with Crippen LogP contribution < -0.4 is 0 Å². The summed E-state index contributed by atoms with van der Waals surface area (Å²) in [6.45, 7) is 2.01. The summed E-state index contributed by atoms with van der Waals surface area (Å²) in [6, 6.07) is 16.7. The first kappa shape index (κ1) is 26.2. The molecule has 2 aromatic carbocycles. The number of carbonyl (C=O) groups excluding carboxylic acids is 1. The maximum Gasteiger partial charge on any atom is 0.416 e. The summed E-state index contributed by atoms with van der Waals surface area (Å²) < 4.78 is 41.8. The highest BCUT2D eigenvalue weighted by Gasteiger charge is 2.43. The van der Waals surface area contributed by atoms with Gasteiger partial charge in [0.15, 0.2) is 0 Å². The van der Waals surface area contributed by atoms with Crippen molar-refractivity contribution in [3.63, 3.8) is 0 Å². The van der Waals surface area contributed by atoms with Crippen LogP contribution in [0.2, 0.25) is 10.0 Å². The van der Waals surface area contributed by atoms with E-state index in [0.717, 1.165) is 47.6 Å². The molecule has 10 heteroatoms. The van der Waals surface area contributed by atoms with Gasteiger partial charge < -0.3 is 9.30 Å². The lowest BCUT2D eigenvalue weighted by molar-refractivity contribution is -0.138. The van der Waals surface area contributed by atoms with E-state index in [-0.39, 0.29) is 35.0 Å². The number of halogens is 5. The Bertz CT molecular complexity index is 1520. The standard InChI is InChI=1S/C29H25Cl2F3N4O/c30-21-7-4-18(5-8-21)28-25(37-12-2-1-3-26(37)35-28)17-36-15-22-9-10-23(16-36)38(22)27(39)14-19-13-20(29(32,33)34)6-11-24(19)31/h1-8,11-13,22-23H,9-10,14-17H2. The van der Waals surface area contributed by atoms with Gasteiger partial charge in [-0.1, -0.05) is 41.4 Å². The van der Waals surface area contributed by atoms with E-state index in [1.807, 2.05) is 53.6 Å². The van der Waals surface area contributed by atoms with E-state index in [0.29, 0.717) is 24.7 Å². The summed E-state index contributed by atoms with van der Waals surface area (Å²) in [7, 11) is 0. The molecule has 2 bridgehead atoms. The summed E-state index contributed by atoms with van der Waals surface area (Å²) in [6.07, 6.45) is -0.912. The van der Waals surface area contributed by atoms with Gasteiger partial charge in [-0.3, -0.25) is 9.69 Å². The Hall–Kier alpha value is -3.07. The third-order valence-corrected chi connectivity index (χ3v) is 8.30. The number of benzene rings is 2. The largest absolute Gasteiger partial charge is 0.416 e. The molecule has 0 aliphatic carbocycles. The molecule has 202 valence electrons. The van der Waals surface area contributed by atoms with Crippen LogP contribution in [-0.2, 0) is 23.9 Å². The first-order valence-corrected chi connectivity index (χ1v) is 13.5. The highest BCUT2D eigenvalue weighted by Crippen LogP contribution is 2.35. The number of piperazine rings is 1. The Morgan fingerprint density at radius 3 is 2.38 bits per heavy atom. The van der Waals surface area contributed by atoms with Crippen LogP contribution in [0.25, 0.3) is 16.9 Å². The van der Waals surface area contributed by atoms with Crippen LogP contribution in [0.3, 0.4) is 0 Å². The topological polar surface area (TPSA) is 40.9 Å². The highest BCUT2D eigenvalue weighted by atomic mass is 35.5. The first-order chi connectivity index (χ1) is 18.7. The number of amides is 1. The number of likely N-dealkylation sites (tertiary alicyclic amines) is 1. The molecule has 6 rings (SSSR count). The second-order valence-corrected chi connectivity index (χ2v) is 11.0. The molecule has 0 radical (unpaired) electrons. The lowest BCUT2D eigenvalue weighted by Crippen LogP contribution is -2.55. The molecule has 5 nitrogen and oxygen atoms in total. The zero-order valence-electron chi connectivity index (χ0n) is 20.8. The number of hydrogen-bond acceptors (Lipinski definition) is 3. The zero-order valence-corrected chi connectivity index (χ0v) is 22.3. The summed E-state index contributed by atoms with van der Waals surface area (Å²) in [5, 5.41) is 0.831. The quantitative estimate of drug-likeness (QED) is 0.266. The predicted molar refractivity (Wildman–Crippen MR) is 145 cm³/mol. The van der Waals surface area contributed by atoms with Crippen LogP contribution in [0.15, 0.2) is 66.9 Å². The van der Waals surface area contributed by atoms with Gasteiger partial charge in [-0.05, 0) is 60.9 Å². The van der Waals surface area contributed by atoms with Crippen molar-refractivity contribution in [1.82, 2.24) is 19.2 Å². The molecule has 0 N–H and O–H groups in total. The van der Waals surface area contributed by atoms with E-state index >= 15 is 0 Å². The van der Waals surface area contributed by atoms with Crippen LogP contribution >= 0.6 is 23.2 Å². The Morgan fingerprint density at radius 2 is 1.69 bits per heavy atom.